The fourth-order valence-corrected chi connectivity index (χ4v) is 4.21. The van der Waals surface area contributed by atoms with Crippen molar-refractivity contribution in [2.24, 2.45) is 5.41 Å². The number of nitrogens with zero attached hydrogens (tertiary/aromatic N) is 1. The maximum Gasteiger partial charge on any atom is 0.254 e. The predicted octanol–water partition coefficient (Wildman–Crippen LogP) is 2.36. The molecule has 0 saturated carbocycles. The number of para-hydroxylation sites is 1. The molecule has 0 spiro atoms. The Morgan fingerprint density at radius 2 is 2.19 bits per heavy atom. The van der Waals surface area contributed by atoms with Crippen molar-refractivity contribution in [3.8, 4) is 5.75 Å². The van der Waals surface area contributed by atoms with Gasteiger partial charge in [-0.15, -0.1) is 12.4 Å². The highest BCUT2D eigenvalue weighted by atomic mass is 35.5. The molecule has 1 amide bonds. The van der Waals surface area contributed by atoms with Crippen LogP contribution in [0.3, 0.4) is 0 Å². The predicted molar refractivity (Wildman–Crippen MR) is 103 cm³/mol. The van der Waals surface area contributed by atoms with Gasteiger partial charge in [0.05, 0.1) is 12.9 Å². The van der Waals surface area contributed by atoms with Gasteiger partial charge in [-0.3, -0.25) is 4.79 Å². The molecule has 1 aromatic rings. The third-order valence-electron chi connectivity index (χ3n) is 5.79. The van der Waals surface area contributed by atoms with Gasteiger partial charge in [0, 0.05) is 35.7 Å². The molecule has 3 aliphatic heterocycles. The van der Waals surface area contributed by atoms with Crippen LogP contribution in [0.5, 0.6) is 5.75 Å². The van der Waals surface area contributed by atoms with E-state index < -0.39 is 0 Å². The monoisotopic (exact) mass is 376 g/mol. The lowest BCUT2D eigenvalue weighted by Crippen LogP contribution is -2.62. The van der Waals surface area contributed by atoms with Gasteiger partial charge < -0.3 is 20.1 Å². The Balaban J connectivity index is 0.00000196. The molecule has 6 heteroatoms. The molecule has 0 aliphatic carbocycles. The average molecular weight is 377 g/mol. The van der Waals surface area contributed by atoms with E-state index in [1.54, 1.807) is 12.3 Å². The van der Waals surface area contributed by atoms with Gasteiger partial charge in [-0.25, -0.2) is 0 Å². The van der Waals surface area contributed by atoms with Gasteiger partial charge in [0.2, 0.25) is 0 Å². The van der Waals surface area contributed by atoms with Crippen LogP contribution in [0.1, 0.15) is 24.8 Å². The highest BCUT2D eigenvalue weighted by Gasteiger charge is 2.45. The minimum Gasteiger partial charge on any atom is -0.464 e. The summed E-state index contributed by atoms with van der Waals surface area (Å²) in [6, 6.07) is 7.87. The van der Waals surface area contributed by atoms with Crippen molar-refractivity contribution in [1.82, 2.24) is 10.2 Å². The summed E-state index contributed by atoms with van der Waals surface area (Å²) in [5, 5.41) is 13.4. The van der Waals surface area contributed by atoms with Crippen molar-refractivity contribution in [2.75, 3.05) is 26.2 Å². The SMILES string of the molecule is Cl.O=C(C1=Cc2ccccc2OC=C1)N1CC[C@@]2(CO)CCCN[C@@H]2C1. The van der Waals surface area contributed by atoms with Gasteiger partial charge in [-0.05, 0) is 44.0 Å². The van der Waals surface area contributed by atoms with Crippen molar-refractivity contribution >= 4 is 24.4 Å². The van der Waals surface area contributed by atoms with E-state index in [9.17, 15) is 9.90 Å². The van der Waals surface area contributed by atoms with Crippen molar-refractivity contribution in [3.63, 3.8) is 0 Å². The number of ether oxygens (including phenoxy) is 1. The normalized spacial score (nSPS) is 27.2. The van der Waals surface area contributed by atoms with Crippen molar-refractivity contribution in [1.29, 1.82) is 0 Å². The number of carbonyl (C=O) groups excluding carboxylic acids is 1. The molecular weight excluding hydrogens is 352 g/mol. The lowest BCUT2D eigenvalue weighted by Gasteiger charge is -2.50. The number of aliphatic hydroxyl groups excluding tert-OH is 1. The number of halogens is 1. The molecule has 5 nitrogen and oxygen atoms in total. The van der Waals surface area contributed by atoms with Crippen molar-refractivity contribution in [2.45, 2.75) is 25.3 Å². The van der Waals surface area contributed by atoms with Crippen LogP contribution in [-0.2, 0) is 4.79 Å². The number of aliphatic hydroxyl groups is 1. The maximum atomic E-state index is 13.0. The first kappa shape index (κ1) is 19.0. The quantitative estimate of drug-likeness (QED) is 0.831. The molecule has 0 radical (unpaired) electrons. The molecule has 2 saturated heterocycles. The largest absolute Gasteiger partial charge is 0.464 e. The summed E-state index contributed by atoms with van der Waals surface area (Å²) in [4.78, 5) is 14.9. The lowest BCUT2D eigenvalue weighted by atomic mass is 9.70. The van der Waals surface area contributed by atoms with E-state index in [4.69, 9.17) is 4.74 Å². The van der Waals surface area contributed by atoms with Gasteiger partial charge in [0.15, 0.2) is 0 Å². The zero-order valence-corrected chi connectivity index (χ0v) is 15.5. The van der Waals surface area contributed by atoms with E-state index >= 15 is 0 Å². The summed E-state index contributed by atoms with van der Waals surface area (Å²) in [6.45, 7) is 2.48. The molecule has 26 heavy (non-hydrogen) atoms. The molecule has 2 fully saturated rings. The van der Waals surface area contributed by atoms with Crippen LogP contribution in [0, 0.1) is 5.41 Å². The number of fused-ring (bicyclic) bond motifs is 2. The van der Waals surface area contributed by atoms with E-state index in [1.165, 1.54) is 0 Å². The standard InChI is InChI=1S/C20H24N2O3.ClH/c23-14-20-7-3-9-21-18(20)13-22(10-8-20)19(24)16-6-11-25-17-5-2-1-4-15(17)12-16;/h1-2,4-6,11-12,18,21,23H,3,7-10,13-14H2;1H/t18-,20-;/m1./s1. The molecule has 2 atom stereocenters. The number of amides is 1. The second kappa shape index (κ2) is 7.82. The number of benzene rings is 1. The zero-order valence-electron chi connectivity index (χ0n) is 14.7. The minimum atomic E-state index is -0.0710. The van der Waals surface area contributed by atoms with Crippen molar-refractivity contribution < 1.29 is 14.6 Å². The number of nitrogens with one attached hydrogen (secondary N) is 1. The molecule has 3 heterocycles. The van der Waals surface area contributed by atoms with Gasteiger partial charge in [-0.2, -0.15) is 0 Å². The molecule has 1 aromatic carbocycles. The number of piperidine rings is 2. The van der Waals surface area contributed by atoms with Crippen molar-refractivity contribution in [3.05, 3.63) is 47.7 Å². The number of likely N-dealkylation sites (tertiary alicyclic amines) is 1. The first-order valence-corrected chi connectivity index (χ1v) is 8.99. The lowest BCUT2D eigenvalue weighted by molar-refractivity contribution is -0.131. The molecule has 3 aliphatic rings. The molecule has 140 valence electrons. The van der Waals surface area contributed by atoms with Crippen LogP contribution in [-0.4, -0.2) is 48.2 Å². The number of hydrogen-bond donors (Lipinski definition) is 2. The highest BCUT2D eigenvalue weighted by molar-refractivity contribution is 6.01. The molecule has 0 bridgehead atoms. The van der Waals surface area contributed by atoms with Crippen LogP contribution in [0.4, 0.5) is 0 Å². The summed E-state index contributed by atoms with van der Waals surface area (Å²) in [5.74, 6) is 0.781. The Labute approximate surface area is 160 Å². The number of rotatable bonds is 2. The van der Waals surface area contributed by atoms with Gasteiger partial charge in [0.1, 0.15) is 5.75 Å². The fourth-order valence-electron chi connectivity index (χ4n) is 4.21. The molecule has 0 unspecified atom stereocenters. The second-order valence-corrected chi connectivity index (χ2v) is 7.19. The van der Waals surface area contributed by atoms with E-state index in [-0.39, 0.29) is 36.4 Å². The van der Waals surface area contributed by atoms with E-state index in [1.807, 2.05) is 35.2 Å². The molecule has 2 N–H and O–H groups in total. The Hall–Kier alpha value is -1.82. The van der Waals surface area contributed by atoms with Crippen LogP contribution in [0.25, 0.3) is 6.08 Å². The molecule has 0 aromatic heterocycles. The van der Waals surface area contributed by atoms with Crippen LogP contribution < -0.4 is 10.1 Å². The average Bonchev–Trinajstić information content (AvgIpc) is 2.89. The van der Waals surface area contributed by atoms with Gasteiger partial charge in [-0.1, -0.05) is 18.2 Å². The Bertz CT molecular complexity index is 734. The zero-order chi connectivity index (χ0) is 17.3. The third-order valence-corrected chi connectivity index (χ3v) is 5.79. The summed E-state index contributed by atoms with van der Waals surface area (Å²) < 4.78 is 5.59. The Morgan fingerprint density at radius 1 is 1.35 bits per heavy atom. The molecule has 4 rings (SSSR count). The summed E-state index contributed by atoms with van der Waals surface area (Å²) in [5.41, 5.74) is 1.48. The van der Waals surface area contributed by atoms with Gasteiger partial charge >= 0.3 is 0 Å². The second-order valence-electron chi connectivity index (χ2n) is 7.19. The van der Waals surface area contributed by atoms with E-state index in [0.29, 0.717) is 18.7 Å². The van der Waals surface area contributed by atoms with Crippen LogP contribution in [0.2, 0.25) is 0 Å². The highest BCUT2D eigenvalue weighted by Crippen LogP contribution is 2.38. The fraction of sp³-hybridized carbons (Fsp3) is 0.450. The summed E-state index contributed by atoms with van der Waals surface area (Å²) in [6.07, 6.45) is 8.18. The topological polar surface area (TPSA) is 61.8 Å². The third kappa shape index (κ3) is 3.39. The maximum absolute atomic E-state index is 13.0. The number of carbonyl (C=O) groups is 1. The Morgan fingerprint density at radius 3 is 3.04 bits per heavy atom. The minimum absolute atomic E-state index is 0. The number of hydrogen-bond acceptors (Lipinski definition) is 4. The van der Waals surface area contributed by atoms with E-state index in [0.717, 1.165) is 37.1 Å². The van der Waals surface area contributed by atoms with Gasteiger partial charge in [0.25, 0.3) is 5.91 Å². The van der Waals surface area contributed by atoms with Crippen LogP contribution >= 0.6 is 12.4 Å². The van der Waals surface area contributed by atoms with E-state index in [2.05, 4.69) is 5.32 Å². The van der Waals surface area contributed by atoms with Crippen LogP contribution in [0.15, 0.2) is 42.2 Å². The Kier molecular flexibility index (Phi) is 5.70. The first-order valence-electron chi connectivity index (χ1n) is 8.99. The molecular formula is C20H25ClN2O3. The first-order chi connectivity index (χ1) is 12.2. The smallest absolute Gasteiger partial charge is 0.254 e. The summed E-state index contributed by atoms with van der Waals surface area (Å²) in [7, 11) is 0. The summed E-state index contributed by atoms with van der Waals surface area (Å²) >= 11 is 0.